The van der Waals surface area contributed by atoms with Crippen molar-refractivity contribution in [1.82, 2.24) is 4.98 Å². The highest BCUT2D eigenvalue weighted by Gasteiger charge is 2.30. The molecular weight excluding hydrogens is 647 g/mol. The van der Waals surface area contributed by atoms with E-state index in [-0.39, 0.29) is 0 Å². The van der Waals surface area contributed by atoms with E-state index < -0.39 is 5.79 Å². The molecule has 3 nitrogen and oxygen atoms in total. The Labute approximate surface area is 310 Å². The van der Waals surface area contributed by atoms with Gasteiger partial charge in [0.25, 0.3) is 0 Å². The first kappa shape index (κ1) is 32.2. The molecule has 1 aliphatic rings. The van der Waals surface area contributed by atoms with Crippen molar-refractivity contribution >= 4 is 0 Å². The van der Waals surface area contributed by atoms with E-state index in [2.05, 4.69) is 176 Å². The minimum absolute atomic E-state index is 0.777. The molecule has 0 unspecified atom stereocenters. The molecule has 0 atom stereocenters. The Hall–Kier alpha value is -6.71. The minimum atomic E-state index is -0.890. The lowest BCUT2D eigenvalue weighted by Crippen LogP contribution is -2.34. The van der Waals surface area contributed by atoms with Crippen LogP contribution < -0.4 is 9.47 Å². The maximum atomic E-state index is 6.69. The van der Waals surface area contributed by atoms with E-state index in [4.69, 9.17) is 14.5 Å². The number of benzene rings is 7. The minimum Gasteiger partial charge on any atom is -0.452 e. The largest absolute Gasteiger partial charge is 0.452 e. The number of pyridine rings is 1. The lowest BCUT2D eigenvalue weighted by Gasteiger charge is -2.26. The third kappa shape index (κ3) is 6.61. The molecule has 0 aliphatic carbocycles. The number of hydrogen-bond donors (Lipinski definition) is 0. The van der Waals surface area contributed by atoms with Crippen LogP contribution in [0, 0.1) is 0 Å². The average molecular weight is 684 g/mol. The molecule has 0 spiro atoms. The van der Waals surface area contributed by atoms with Crippen LogP contribution in [0.1, 0.15) is 13.8 Å². The summed E-state index contributed by atoms with van der Waals surface area (Å²) in [7, 11) is 0. The molecular formula is C50H37NO2. The molecule has 2 heterocycles. The molecule has 254 valence electrons. The number of nitrogens with zero attached hydrogens (tertiary/aromatic N) is 1. The van der Waals surface area contributed by atoms with Gasteiger partial charge in [0.05, 0.1) is 11.4 Å². The molecule has 1 aliphatic heterocycles. The van der Waals surface area contributed by atoms with Crippen LogP contribution >= 0.6 is 0 Å². The van der Waals surface area contributed by atoms with Crippen LogP contribution in [0.3, 0.4) is 0 Å². The van der Waals surface area contributed by atoms with E-state index in [9.17, 15) is 0 Å². The summed E-state index contributed by atoms with van der Waals surface area (Å²) in [5.74, 6) is 0.668. The van der Waals surface area contributed by atoms with Gasteiger partial charge in [-0.1, -0.05) is 133 Å². The molecule has 0 radical (unpaired) electrons. The Balaban J connectivity index is 1.17. The van der Waals surface area contributed by atoms with Gasteiger partial charge in [-0.05, 0) is 99.1 Å². The third-order valence-electron chi connectivity index (χ3n) is 9.74. The standard InChI is InChI=1S/C50H37NO2/c1-50(2)52-48-26-24-38(43-31-46(36-19-11-5-12-20-36)51-47(32-43)37-21-13-6-14-22-37)30-45(48)44-25-23-39(33-49(44)53-50)42-28-40(34-15-7-3-8-16-34)27-41(29-42)35-17-9-4-10-18-35/h3-33H,1-2H3. The summed E-state index contributed by atoms with van der Waals surface area (Å²) in [6.07, 6.45) is 0. The Kier molecular flexibility index (Phi) is 8.17. The highest BCUT2D eigenvalue weighted by molar-refractivity contribution is 5.87. The first-order valence-electron chi connectivity index (χ1n) is 18.0. The third-order valence-corrected chi connectivity index (χ3v) is 9.74. The summed E-state index contributed by atoms with van der Waals surface area (Å²) in [5, 5.41) is 0. The van der Waals surface area contributed by atoms with Gasteiger partial charge in [-0.3, -0.25) is 0 Å². The van der Waals surface area contributed by atoms with Crippen molar-refractivity contribution in [2.24, 2.45) is 0 Å². The fourth-order valence-corrected chi connectivity index (χ4v) is 7.17. The second kappa shape index (κ2) is 13.4. The first-order chi connectivity index (χ1) is 26.0. The SMILES string of the molecule is CC1(C)Oc2cc(-c3cc(-c4ccccc4)cc(-c4ccccc4)c3)ccc2-c2cc(-c3cc(-c4ccccc4)nc(-c4ccccc4)c3)ccc2O1. The van der Waals surface area contributed by atoms with Crippen LogP contribution in [-0.4, -0.2) is 10.8 Å². The molecule has 0 N–H and O–H groups in total. The van der Waals surface area contributed by atoms with Gasteiger partial charge in [0.15, 0.2) is 0 Å². The van der Waals surface area contributed by atoms with Crippen molar-refractivity contribution in [3.63, 3.8) is 0 Å². The Morgan fingerprint density at radius 3 is 1.26 bits per heavy atom. The molecule has 1 aromatic heterocycles. The van der Waals surface area contributed by atoms with Crippen molar-refractivity contribution in [1.29, 1.82) is 0 Å². The molecule has 0 amide bonds. The van der Waals surface area contributed by atoms with Gasteiger partial charge >= 0.3 is 0 Å². The topological polar surface area (TPSA) is 31.4 Å². The zero-order valence-corrected chi connectivity index (χ0v) is 29.7. The van der Waals surface area contributed by atoms with Gasteiger partial charge in [-0.15, -0.1) is 0 Å². The van der Waals surface area contributed by atoms with Crippen LogP contribution in [0.25, 0.3) is 78.1 Å². The molecule has 9 rings (SSSR count). The van der Waals surface area contributed by atoms with E-state index in [1.807, 2.05) is 26.0 Å². The predicted molar refractivity (Wildman–Crippen MR) is 218 cm³/mol. The zero-order valence-electron chi connectivity index (χ0n) is 29.7. The van der Waals surface area contributed by atoms with Gasteiger partial charge in [0.2, 0.25) is 5.79 Å². The highest BCUT2D eigenvalue weighted by Crippen LogP contribution is 2.46. The van der Waals surface area contributed by atoms with Gasteiger partial charge in [-0.2, -0.15) is 0 Å². The van der Waals surface area contributed by atoms with Crippen molar-refractivity contribution in [3.05, 3.63) is 188 Å². The fraction of sp³-hybridized carbons (Fsp3) is 0.0600. The molecule has 0 saturated heterocycles. The Bertz CT molecular complexity index is 2450. The molecule has 3 heteroatoms. The van der Waals surface area contributed by atoms with E-state index >= 15 is 0 Å². The molecule has 53 heavy (non-hydrogen) atoms. The van der Waals surface area contributed by atoms with Crippen molar-refractivity contribution in [3.8, 4) is 89.6 Å². The Morgan fingerprint density at radius 1 is 0.321 bits per heavy atom. The molecule has 7 aromatic carbocycles. The Morgan fingerprint density at radius 2 is 0.736 bits per heavy atom. The molecule has 0 saturated carbocycles. The fourth-order valence-electron chi connectivity index (χ4n) is 7.17. The maximum Gasteiger partial charge on any atom is 0.245 e. The summed E-state index contributed by atoms with van der Waals surface area (Å²) >= 11 is 0. The summed E-state index contributed by atoms with van der Waals surface area (Å²) in [6.45, 7) is 3.94. The normalized spacial score (nSPS) is 12.8. The number of hydrogen-bond acceptors (Lipinski definition) is 3. The highest BCUT2D eigenvalue weighted by atomic mass is 16.7. The predicted octanol–water partition coefficient (Wildman–Crippen LogP) is 13.3. The monoisotopic (exact) mass is 683 g/mol. The van der Waals surface area contributed by atoms with Crippen LogP contribution in [-0.2, 0) is 0 Å². The average Bonchev–Trinajstić information content (AvgIpc) is 3.33. The summed E-state index contributed by atoms with van der Waals surface area (Å²) in [5.41, 5.74) is 15.0. The lowest BCUT2D eigenvalue weighted by molar-refractivity contribution is -0.0778. The number of rotatable bonds is 6. The first-order valence-corrected chi connectivity index (χ1v) is 18.0. The summed E-state index contributed by atoms with van der Waals surface area (Å²) < 4.78 is 13.3. The number of fused-ring (bicyclic) bond motifs is 3. The van der Waals surface area contributed by atoms with E-state index in [1.165, 1.54) is 22.3 Å². The van der Waals surface area contributed by atoms with Gasteiger partial charge in [0, 0.05) is 36.1 Å². The molecule has 0 fully saturated rings. The number of ether oxygens (including phenoxy) is 2. The van der Waals surface area contributed by atoms with E-state index in [1.54, 1.807) is 0 Å². The van der Waals surface area contributed by atoms with Crippen molar-refractivity contribution < 1.29 is 9.47 Å². The van der Waals surface area contributed by atoms with Crippen LogP contribution in [0.4, 0.5) is 0 Å². The smallest absolute Gasteiger partial charge is 0.245 e. The summed E-state index contributed by atoms with van der Waals surface area (Å²) in [6, 6.07) is 66.0. The van der Waals surface area contributed by atoms with Gasteiger partial charge in [0.1, 0.15) is 11.5 Å². The van der Waals surface area contributed by atoms with Gasteiger partial charge < -0.3 is 9.47 Å². The van der Waals surface area contributed by atoms with Crippen LogP contribution in [0.5, 0.6) is 11.5 Å². The number of aromatic nitrogens is 1. The summed E-state index contributed by atoms with van der Waals surface area (Å²) in [4.78, 5) is 5.10. The van der Waals surface area contributed by atoms with Crippen LogP contribution in [0.15, 0.2) is 188 Å². The van der Waals surface area contributed by atoms with E-state index in [0.717, 1.165) is 67.4 Å². The molecule has 8 aromatic rings. The van der Waals surface area contributed by atoms with Crippen LogP contribution in [0.2, 0.25) is 0 Å². The quantitative estimate of drug-likeness (QED) is 0.175. The lowest BCUT2D eigenvalue weighted by atomic mass is 9.91. The van der Waals surface area contributed by atoms with Gasteiger partial charge in [-0.25, -0.2) is 4.98 Å². The van der Waals surface area contributed by atoms with Crippen molar-refractivity contribution in [2.45, 2.75) is 19.6 Å². The van der Waals surface area contributed by atoms with E-state index in [0.29, 0.717) is 0 Å². The zero-order chi connectivity index (χ0) is 35.8. The maximum absolute atomic E-state index is 6.69. The second-order valence-electron chi connectivity index (χ2n) is 13.9. The van der Waals surface area contributed by atoms with Crippen molar-refractivity contribution in [2.75, 3.05) is 0 Å². The second-order valence-corrected chi connectivity index (χ2v) is 13.9. The molecule has 0 bridgehead atoms.